The summed E-state index contributed by atoms with van der Waals surface area (Å²) in [4.78, 5) is 61.2. The molecule has 2 aliphatic rings. The SMILES string of the molecule is COC(=O)C1=C(O)[C@H](C(=O)OC)[C@@H]2C1=C(C(=O)OC)C(=O)[C@H]2C(=O)OC. The van der Waals surface area contributed by atoms with Crippen LogP contribution in [0.1, 0.15) is 0 Å². The fourth-order valence-electron chi connectivity index (χ4n) is 3.29. The molecule has 0 aromatic carbocycles. The number of carbonyl (C=O) groups is 5. The second-order valence-electron chi connectivity index (χ2n) is 5.42. The third-order valence-corrected chi connectivity index (χ3v) is 4.36. The predicted molar refractivity (Wildman–Crippen MR) is 80.2 cm³/mol. The van der Waals surface area contributed by atoms with Crippen LogP contribution in [0.5, 0.6) is 0 Å². The molecule has 0 aliphatic heterocycles. The van der Waals surface area contributed by atoms with Crippen molar-refractivity contribution in [3.8, 4) is 0 Å². The average Bonchev–Trinajstić information content (AvgIpc) is 3.08. The Morgan fingerprint density at radius 3 is 1.69 bits per heavy atom. The van der Waals surface area contributed by atoms with E-state index in [1.54, 1.807) is 0 Å². The maximum absolute atomic E-state index is 12.7. The smallest absolute Gasteiger partial charge is 0.341 e. The molecule has 10 heteroatoms. The molecule has 0 radical (unpaired) electrons. The topological polar surface area (TPSA) is 142 Å². The van der Waals surface area contributed by atoms with Crippen LogP contribution in [0.25, 0.3) is 0 Å². The van der Waals surface area contributed by atoms with Crippen LogP contribution in [0.15, 0.2) is 22.5 Å². The number of methoxy groups -OCH3 is 4. The summed E-state index contributed by atoms with van der Waals surface area (Å²) in [5.41, 5.74) is -1.46. The van der Waals surface area contributed by atoms with Crippen molar-refractivity contribution < 1.29 is 48.0 Å². The number of Topliss-reactive ketones (excluding diaryl/α,β-unsaturated/α-hetero) is 1. The van der Waals surface area contributed by atoms with Gasteiger partial charge in [0, 0.05) is 5.92 Å². The molecule has 0 spiro atoms. The highest BCUT2D eigenvalue weighted by atomic mass is 16.5. The summed E-state index contributed by atoms with van der Waals surface area (Å²) in [5.74, 6) is -10.5. The Morgan fingerprint density at radius 2 is 1.23 bits per heavy atom. The van der Waals surface area contributed by atoms with Gasteiger partial charge in [-0.1, -0.05) is 0 Å². The van der Waals surface area contributed by atoms with E-state index in [4.69, 9.17) is 0 Å². The van der Waals surface area contributed by atoms with Crippen molar-refractivity contribution in [3.05, 3.63) is 22.5 Å². The summed E-state index contributed by atoms with van der Waals surface area (Å²) in [7, 11) is 4.05. The lowest BCUT2D eigenvalue weighted by Gasteiger charge is -2.20. The summed E-state index contributed by atoms with van der Waals surface area (Å²) < 4.78 is 18.3. The van der Waals surface area contributed by atoms with Crippen LogP contribution < -0.4 is 0 Å². The molecule has 0 amide bonds. The third-order valence-electron chi connectivity index (χ3n) is 4.36. The zero-order chi connectivity index (χ0) is 19.8. The number of esters is 4. The van der Waals surface area contributed by atoms with Gasteiger partial charge in [-0.2, -0.15) is 0 Å². The first kappa shape index (κ1) is 19.2. The molecule has 2 aliphatic carbocycles. The fourth-order valence-corrected chi connectivity index (χ4v) is 3.29. The van der Waals surface area contributed by atoms with Crippen molar-refractivity contribution in [3.63, 3.8) is 0 Å². The van der Waals surface area contributed by atoms with E-state index in [-0.39, 0.29) is 5.57 Å². The molecule has 10 nitrogen and oxygen atoms in total. The van der Waals surface area contributed by atoms with Gasteiger partial charge in [0.2, 0.25) is 0 Å². The highest BCUT2D eigenvalue weighted by Gasteiger charge is 2.61. The van der Waals surface area contributed by atoms with Crippen LogP contribution in [0.4, 0.5) is 0 Å². The first-order chi connectivity index (χ1) is 12.3. The van der Waals surface area contributed by atoms with E-state index in [1.165, 1.54) is 0 Å². The third kappa shape index (κ3) is 2.54. The quantitative estimate of drug-likeness (QED) is 0.291. The molecule has 0 aromatic heterocycles. The van der Waals surface area contributed by atoms with Gasteiger partial charge in [0.25, 0.3) is 0 Å². The van der Waals surface area contributed by atoms with Crippen molar-refractivity contribution >= 4 is 29.7 Å². The van der Waals surface area contributed by atoms with Gasteiger partial charge in [-0.3, -0.25) is 14.4 Å². The Hall–Kier alpha value is -3.17. The monoisotopic (exact) mass is 368 g/mol. The van der Waals surface area contributed by atoms with Crippen molar-refractivity contribution in [2.45, 2.75) is 0 Å². The van der Waals surface area contributed by atoms with Gasteiger partial charge in [-0.15, -0.1) is 0 Å². The van der Waals surface area contributed by atoms with Crippen LogP contribution in [0.3, 0.4) is 0 Å². The lowest BCUT2D eigenvalue weighted by Crippen LogP contribution is -2.35. The number of carbonyl (C=O) groups excluding carboxylic acids is 5. The van der Waals surface area contributed by atoms with Crippen LogP contribution in [-0.2, 0) is 42.9 Å². The highest BCUT2D eigenvalue weighted by Crippen LogP contribution is 2.52. The summed E-state index contributed by atoms with van der Waals surface area (Å²) in [6.45, 7) is 0. The van der Waals surface area contributed by atoms with E-state index in [2.05, 4.69) is 18.9 Å². The Labute approximate surface area is 147 Å². The summed E-state index contributed by atoms with van der Waals surface area (Å²) in [5, 5.41) is 10.4. The van der Waals surface area contributed by atoms with E-state index in [9.17, 15) is 29.1 Å². The van der Waals surface area contributed by atoms with Gasteiger partial charge in [-0.25, -0.2) is 9.59 Å². The minimum absolute atomic E-state index is 0.294. The minimum atomic E-state index is -1.63. The number of hydrogen-bond acceptors (Lipinski definition) is 10. The Bertz CT molecular complexity index is 772. The predicted octanol–water partition coefficient (Wildman–Crippen LogP) is -0.768. The molecule has 26 heavy (non-hydrogen) atoms. The molecular weight excluding hydrogens is 352 g/mol. The molecule has 0 saturated carbocycles. The van der Waals surface area contributed by atoms with Crippen LogP contribution in [0, 0.1) is 17.8 Å². The molecule has 2 rings (SSSR count). The zero-order valence-electron chi connectivity index (χ0n) is 14.4. The summed E-state index contributed by atoms with van der Waals surface area (Å²) in [6, 6.07) is 0. The largest absolute Gasteiger partial charge is 0.510 e. The molecule has 0 saturated heterocycles. The van der Waals surface area contributed by atoms with Crippen molar-refractivity contribution in [1.29, 1.82) is 0 Å². The van der Waals surface area contributed by atoms with E-state index in [0.29, 0.717) is 0 Å². The molecule has 3 atom stereocenters. The van der Waals surface area contributed by atoms with E-state index < -0.39 is 64.3 Å². The highest BCUT2D eigenvalue weighted by molar-refractivity contribution is 6.27. The van der Waals surface area contributed by atoms with E-state index in [1.807, 2.05) is 0 Å². The Morgan fingerprint density at radius 1 is 0.769 bits per heavy atom. The number of aliphatic hydroxyl groups is 1. The van der Waals surface area contributed by atoms with Gasteiger partial charge < -0.3 is 24.1 Å². The number of fused-ring (bicyclic) bond motifs is 1. The molecule has 0 fully saturated rings. The number of hydrogen-bond donors (Lipinski definition) is 1. The molecule has 0 bridgehead atoms. The Balaban J connectivity index is 2.82. The van der Waals surface area contributed by atoms with Crippen LogP contribution in [-0.4, -0.2) is 63.2 Å². The average molecular weight is 368 g/mol. The van der Waals surface area contributed by atoms with Crippen molar-refractivity contribution in [1.82, 2.24) is 0 Å². The molecular formula is C16H16O10. The second kappa shape index (κ2) is 6.98. The van der Waals surface area contributed by atoms with Gasteiger partial charge in [0.15, 0.2) is 5.78 Å². The maximum atomic E-state index is 12.7. The minimum Gasteiger partial charge on any atom is -0.510 e. The maximum Gasteiger partial charge on any atom is 0.341 e. The second-order valence-corrected chi connectivity index (χ2v) is 5.42. The van der Waals surface area contributed by atoms with E-state index in [0.717, 1.165) is 28.4 Å². The van der Waals surface area contributed by atoms with Gasteiger partial charge in [0.05, 0.1) is 28.4 Å². The molecule has 1 N–H and O–H groups in total. The zero-order valence-corrected chi connectivity index (χ0v) is 14.4. The van der Waals surface area contributed by atoms with Crippen LogP contribution in [0.2, 0.25) is 0 Å². The lowest BCUT2D eigenvalue weighted by molar-refractivity contribution is -0.153. The van der Waals surface area contributed by atoms with E-state index >= 15 is 0 Å². The summed E-state index contributed by atoms with van der Waals surface area (Å²) in [6.07, 6.45) is 0. The molecule has 0 heterocycles. The number of rotatable bonds is 4. The van der Waals surface area contributed by atoms with Crippen molar-refractivity contribution in [2.75, 3.05) is 28.4 Å². The first-order valence-electron chi connectivity index (χ1n) is 7.30. The van der Waals surface area contributed by atoms with Gasteiger partial charge in [-0.05, 0) is 5.57 Å². The molecule has 0 aromatic rings. The number of ketones is 1. The fraction of sp³-hybridized carbons (Fsp3) is 0.438. The molecule has 140 valence electrons. The normalized spacial score (nSPS) is 24.3. The summed E-state index contributed by atoms with van der Waals surface area (Å²) >= 11 is 0. The lowest BCUT2D eigenvalue weighted by atomic mass is 9.83. The first-order valence-corrected chi connectivity index (χ1v) is 7.30. The number of aliphatic hydroxyl groups excluding tert-OH is 1. The van der Waals surface area contributed by atoms with Gasteiger partial charge in [0.1, 0.15) is 28.7 Å². The van der Waals surface area contributed by atoms with Crippen molar-refractivity contribution in [2.24, 2.45) is 17.8 Å². The van der Waals surface area contributed by atoms with Crippen LogP contribution >= 0.6 is 0 Å². The van der Waals surface area contributed by atoms with Gasteiger partial charge >= 0.3 is 23.9 Å². The molecule has 0 unspecified atom stereocenters. The standard InChI is InChI=1S/C16H16O10/c1-23-13(19)7-5-6(9(11(7)17)15(21)25-3)10(16(22)26-4)12(18)8(5)14(20)24-2/h5,7-8,17H,1-4H3/t5-,7+,8-/m0/s1. The Kier molecular flexibility index (Phi) is 5.15. The number of ether oxygens (including phenoxy) is 4.